The van der Waals surface area contributed by atoms with Gasteiger partial charge in [0.25, 0.3) is 0 Å². The van der Waals surface area contributed by atoms with Crippen molar-refractivity contribution in [1.29, 1.82) is 0 Å². The van der Waals surface area contributed by atoms with E-state index in [1.807, 2.05) is 30.3 Å². The Bertz CT molecular complexity index is 626. The van der Waals surface area contributed by atoms with Crippen LogP contribution in [0, 0.1) is 0 Å². The molecule has 112 valence electrons. The molecule has 0 radical (unpaired) electrons. The Hall–Kier alpha value is -1.96. The largest absolute Gasteiger partial charge is 0.508 e. The van der Waals surface area contributed by atoms with E-state index < -0.39 is 0 Å². The highest BCUT2D eigenvalue weighted by atomic mass is 16.3. The summed E-state index contributed by atoms with van der Waals surface area (Å²) in [5.41, 5.74) is 10.4. The third-order valence-corrected chi connectivity index (χ3v) is 3.91. The average Bonchev–Trinajstić information content (AvgIpc) is 2.39. The van der Waals surface area contributed by atoms with E-state index in [2.05, 4.69) is 33.8 Å². The molecule has 2 aromatic carbocycles. The van der Waals surface area contributed by atoms with Crippen LogP contribution in [-0.4, -0.2) is 5.11 Å². The average molecular weight is 283 g/mol. The maximum Gasteiger partial charge on any atom is 0.115 e. The van der Waals surface area contributed by atoms with Crippen LogP contribution in [-0.2, 0) is 11.8 Å². The normalized spacial score (nSPS) is 13.1. The van der Waals surface area contributed by atoms with Gasteiger partial charge in [-0.1, -0.05) is 45.9 Å². The van der Waals surface area contributed by atoms with Crippen LogP contribution in [0.3, 0.4) is 0 Å². The second-order valence-corrected chi connectivity index (χ2v) is 6.87. The molecule has 1 atom stereocenters. The molecule has 2 nitrogen and oxygen atoms in total. The van der Waals surface area contributed by atoms with Gasteiger partial charge in [0.2, 0.25) is 0 Å². The van der Waals surface area contributed by atoms with E-state index in [4.69, 9.17) is 5.73 Å². The van der Waals surface area contributed by atoms with E-state index in [0.717, 1.165) is 12.1 Å². The summed E-state index contributed by atoms with van der Waals surface area (Å²) in [6.07, 6.45) is 0.941. The third kappa shape index (κ3) is 3.78. The minimum Gasteiger partial charge on any atom is -0.508 e. The first-order chi connectivity index (χ1) is 9.77. The summed E-state index contributed by atoms with van der Waals surface area (Å²) in [5.74, 6) is 0.722. The monoisotopic (exact) mass is 283 g/mol. The van der Waals surface area contributed by atoms with Gasteiger partial charge in [0, 0.05) is 5.69 Å². The summed E-state index contributed by atoms with van der Waals surface area (Å²) >= 11 is 0. The van der Waals surface area contributed by atoms with Crippen molar-refractivity contribution in [1.82, 2.24) is 0 Å². The summed E-state index contributed by atoms with van der Waals surface area (Å²) in [4.78, 5) is 0. The lowest BCUT2D eigenvalue weighted by Gasteiger charge is -2.25. The molecule has 0 saturated heterocycles. The fraction of sp³-hybridized carbons (Fsp3) is 0.368. The minimum atomic E-state index is 0.0174. The summed E-state index contributed by atoms with van der Waals surface area (Å²) in [6.45, 7) is 8.75. The van der Waals surface area contributed by atoms with Gasteiger partial charge in [-0.15, -0.1) is 0 Å². The van der Waals surface area contributed by atoms with E-state index in [0.29, 0.717) is 11.7 Å². The van der Waals surface area contributed by atoms with Gasteiger partial charge in [-0.3, -0.25) is 0 Å². The van der Waals surface area contributed by atoms with Gasteiger partial charge in [-0.05, 0) is 58.7 Å². The number of nitrogen functional groups attached to an aromatic ring is 1. The predicted molar refractivity (Wildman–Crippen MR) is 89.8 cm³/mol. The molecule has 0 amide bonds. The minimum absolute atomic E-state index is 0.0174. The van der Waals surface area contributed by atoms with Gasteiger partial charge >= 0.3 is 0 Å². The Morgan fingerprint density at radius 2 is 1.81 bits per heavy atom. The number of hydrogen-bond donors (Lipinski definition) is 2. The van der Waals surface area contributed by atoms with Gasteiger partial charge in [0.1, 0.15) is 5.75 Å². The zero-order valence-electron chi connectivity index (χ0n) is 13.4. The molecule has 0 fully saturated rings. The molecule has 0 saturated carbocycles. The van der Waals surface area contributed by atoms with Crippen molar-refractivity contribution in [3.63, 3.8) is 0 Å². The molecule has 0 bridgehead atoms. The van der Waals surface area contributed by atoms with E-state index in [1.54, 1.807) is 6.07 Å². The van der Waals surface area contributed by atoms with Crippen LogP contribution in [0.2, 0.25) is 0 Å². The second-order valence-electron chi connectivity index (χ2n) is 6.87. The lowest BCUT2D eigenvalue weighted by Crippen LogP contribution is -2.15. The quantitative estimate of drug-likeness (QED) is 0.807. The number of nitrogens with two attached hydrogens (primary N) is 1. The Morgan fingerprint density at radius 3 is 2.43 bits per heavy atom. The van der Waals surface area contributed by atoms with Gasteiger partial charge in [0.05, 0.1) is 0 Å². The molecular weight excluding hydrogens is 258 g/mol. The topological polar surface area (TPSA) is 46.2 Å². The fourth-order valence-corrected chi connectivity index (χ4v) is 2.75. The van der Waals surface area contributed by atoms with Gasteiger partial charge < -0.3 is 10.8 Å². The first-order valence-corrected chi connectivity index (χ1v) is 7.45. The van der Waals surface area contributed by atoms with Crippen molar-refractivity contribution < 1.29 is 5.11 Å². The number of phenolic OH excluding ortho intramolecular Hbond substituents is 1. The molecule has 0 spiro atoms. The van der Waals surface area contributed by atoms with Crippen LogP contribution in [0.25, 0.3) is 0 Å². The molecule has 0 aliphatic heterocycles. The molecule has 3 N–H and O–H groups in total. The molecule has 2 rings (SSSR count). The van der Waals surface area contributed by atoms with Crippen molar-refractivity contribution in [2.24, 2.45) is 0 Å². The summed E-state index contributed by atoms with van der Waals surface area (Å²) in [5, 5.41) is 9.77. The van der Waals surface area contributed by atoms with Crippen LogP contribution >= 0.6 is 0 Å². The number of phenols is 1. The van der Waals surface area contributed by atoms with E-state index >= 15 is 0 Å². The molecule has 21 heavy (non-hydrogen) atoms. The highest BCUT2D eigenvalue weighted by Crippen LogP contribution is 2.32. The van der Waals surface area contributed by atoms with Crippen LogP contribution in [0.1, 0.15) is 50.3 Å². The highest BCUT2D eigenvalue weighted by molar-refractivity contribution is 5.43. The first kappa shape index (κ1) is 15.4. The molecule has 0 aliphatic rings. The number of aromatic hydroxyl groups is 1. The predicted octanol–water partition coefficient (Wildman–Crippen LogP) is 4.62. The zero-order valence-corrected chi connectivity index (χ0v) is 13.4. The van der Waals surface area contributed by atoms with Crippen molar-refractivity contribution in [2.75, 3.05) is 5.73 Å². The summed E-state index contributed by atoms with van der Waals surface area (Å²) in [7, 11) is 0. The number of hydrogen-bond acceptors (Lipinski definition) is 2. The van der Waals surface area contributed by atoms with Crippen molar-refractivity contribution >= 4 is 5.69 Å². The summed E-state index contributed by atoms with van der Waals surface area (Å²) < 4.78 is 0. The maximum absolute atomic E-state index is 9.77. The Kier molecular flexibility index (Phi) is 4.26. The van der Waals surface area contributed by atoms with Crippen molar-refractivity contribution in [2.45, 2.75) is 45.4 Å². The maximum atomic E-state index is 9.77. The Labute approximate surface area is 127 Å². The van der Waals surface area contributed by atoms with Crippen LogP contribution in [0.15, 0.2) is 42.5 Å². The molecule has 0 aromatic heterocycles. The van der Waals surface area contributed by atoms with Crippen LogP contribution in [0.5, 0.6) is 5.75 Å². The zero-order chi connectivity index (χ0) is 15.6. The molecule has 1 unspecified atom stereocenters. The number of rotatable bonds is 3. The standard InChI is InChI=1S/C19H25NO/c1-13(14-6-5-7-16(20)11-14)10-15-8-9-17(21)12-18(15)19(2,3)4/h5-9,11-13,21H,10,20H2,1-4H3. The van der Waals surface area contributed by atoms with Gasteiger partial charge in [0.15, 0.2) is 0 Å². The Morgan fingerprint density at radius 1 is 1.10 bits per heavy atom. The fourth-order valence-electron chi connectivity index (χ4n) is 2.75. The van der Waals surface area contributed by atoms with Crippen molar-refractivity contribution in [3.05, 3.63) is 59.2 Å². The lowest BCUT2D eigenvalue weighted by molar-refractivity contribution is 0.470. The van der Waals surface area contributed by atoms with Crippen LogP contribution < -0.4 is 5.73 Å². The second kappa shape index (κ2) is 5.80. The van der Waals surface area contributed by atoms with E-state index in [1.165, 1.54) is 16.7 Å². The molecule has 2 heteroatoms. The molecule has 0 aliphatic carbocycles. The third-order valence-electron chi connectivity index (χ3n) is 3.91. The van der Waals surface area contributed by atoms with E-state index in [9.17, 15) is 5.11 Å². The smallest absolute Gasteiger partial charge is 0.115 e. The Balaban J connectivity index is 2.31. The molecular formula is C19H25NO. The van der Waals surface area contributed by atoms with Crippen LogP contribution in [0.4, 0.5) is 5.69 Å². The number of anilines is 1. The van der Waals surface area contributed by atoms with Gasteiger partial charge in [-0.25, -0.2) is 0 Å². The van der Waals surface area contributed by atoms with Gasteiger partial charge in [-0.2, -0.15) is 0 Å². The summed E-state index contributed by atoms with van der Waals surface area (Å²) in [6, 6.07) is 13.8. The van der Waals surface area contributed by atoms with E-state index in [-0.39, 0.29) is 5.41 Å². The lowest BCUT2D eigenvalue weighted by atomic mass is 9.80. The first-order valence-electron chi connectivity index (χ1n) is 7.45. The molecule has 2 aromatic rings. The molecule has 0 heterocycles. The SMILES string of the molecule is CC(Cc1ccc(O)cc1C(C)(C)C)c1cccc(N)c1. The highest BCUT2D eigenvalue weighted by Gasteiger charge is 2.20. The van der Waals surface area contributed by atoms with Crippen molar-refractivity contribution in [3.8, 4) is 5.75 Å². The number of benzene rings is 2.